The van der Waals surface area contributed by atoms with E-state index >= 15 is 0 Å². The van der Waals surface area contributed by atoms with Gasteiger partial charge in [0, 0.05) is 6.04 Å². The minimum Gasteiger partial charge on any atom is -0.489 e. The lowest BCUT2D eigenvalue weighted by molar-refractivity contribution is -0.144. The second-order valence-corrected chi connectivity index (χ2v) is 4.07. The molecule has 0 radical (unpaired) electrons. The normalized spacial score (nSPS) is 28.9. The summed E-state index contributed by atoms with van der Waals surface area (Å²) in [4.78, 5) is 11.1. The number of hydrogen-bond donors (Lipinski definition) is 2. The summed E-state index contributed by atoms with van der Waals surface area (Å²) in [7, 11) is 0. The Labute approximate surface area is 94.0 Å². The van der Waals surface area contributed by atoms with E-state index in [4.69, 9.17) is 15.6 Å². The number of hydrogen-bond acceptors (Lipinski definition) is 3. The van der Waals surface area contributed by atoms with Gasteiger partial charge in [0.2, 0.25) is 0 Å². The van der Waals surface area contributed by atoms with Gasteiger partial charge in [-0.25, -0.2) is 0 Å². The molecular formula is C12H15NO3. The van der Waals surface area contributed by atoms with Gasteiger partial charge in [-0.2, -0.15) is 0 Å². The predicted octanol–water partition coefficient (Wildman–Crippen LogP) is 1.26. The summed E-state index contributed by atoms with van der Waals surface area (Å²) >= 11 is 0. The summed E-state index contributed by atoms with van der Waals surface area (Å²) in [5.74, 6) is -0.765. The molecule has 4 nitrogen and oxygen atoms in total. The number of carbonyl (C=O) groups is 1. The van der Waals surface area contributed by atoms with Crippen LogP contribution in [0.2, 0.25) is 0 Å². The molecule has 16 heavy (non-hydrogen) atoms. The quantitative estimate of drug-likeness (QED) is 0.805. The molecule has 1 aromatic carbocycles. The van der Waals surface area contributed by atoms with Crippen molar-refractivity contribution < 1.29 is 14.6 Å². The van der Waals surface area contributed by atoms with Crippen molar-refractivity contribution in [3.63, 3.8) is 0 Å². The Hall–Kier alpha value is -1.55. The van der Waals surface area contributed by atoms with Gasteiger partial charge in [-0.15, -0.1) is 0 Å². The summed E-state index contributed by atoms with van der Waals surface area (Å²) in [6.45, 7) is 0. The van der Waals surface area contributed by atoms with Crippen LogP contribution in [0.4, 0.5) is 0 Å². The smallest absolute Gasteiger partial charge is 0.311 e. The average Bonchev–Trinajstić information content (AvgIpc) is 2.61. The third kappa shape index (κ3) is 2.17. The molecule has 0 amide bonds. The maximum absolute atomic E-state index is 11.1. The Morgan fingerprint density at radius 2 is 2.00 bits per heavy atom. The molecule has 1 aliphatic rings. The molecule has 3 N–H and O–H groups in total. The molecule has 0 aromatic heterocycles. The van der Waals surface area contributed by atoms with Crippen molar-refractivity contribution in [1.29, 1.82) is 0 Å². The molecule has 4 heteroatoms. The zero-order valence-corrected chi connectivity index (χ0v) is 8.87. The number of nitrogens with two attached hydrogens (primary N) is 1. The van der Waals surface area contributed by atoms with Gasteiger partial charge in [-0.3, -0.25) is 4.79 Å². The lowest BCUT2D eigenvalue weighted by Crippen LogP contribution is -2.38. The molecule has 0 spiro atoms. The predicted molar refractivity (Wildman–Crippen MR) is 59.2 cm³/mol. The first kappa shape index (κ1) is 11.0. The van der Waals surface area contributed by atoms with Crippen molar-refractivity contribution in [2.24, 2.45) is 11.7 Å². The number of ether oxygens (including phenoxy) is 1. The van der Waals surface area contributed by atoms with Gasteiger partial charge in [-0.05, 0) is 25.0 Å². The molecule has 1 aliphatic carbocycles. The van der Waals surface area contributed by atoms with Crippen LogP contribution in [0.25, 0.3) is 0 Å². The molecule has 0 heterocycles. The fraction of sp³-hybridized carbons (Fsp3) is 0.417. The summed E-state index contributed by atoms with van der Waals surface area (Å²) in [6.07, 6.45) is 1.09. The molecule has 3 unspecified atom stereocenters. The molecule has 2 rings (SSSR count). The van der Waals surface area contributed by atoms with Gasteiger partial charge >= 0.3 is 5.97 Å². The highest BCUT2D eigenvalue weighted by Crippen LogP contribution is 2.29. The Morgan fingerprint density at radius 3 is 2.62 bits per heavy atom. The van der Waals surface area contributed by atoms with Crippen LogP contribution in [0.3, 0.4) is 0 Å². The van der Waals surface area contributed by atoms with Crippen molar-refractivity contribution in [2.45, 2.75) is 25.0 Å². The number of para-hydroxylation sites is 1. The van der Waals surface area contributed by atoms with E-state index < -0.39 is 11.9 Å². The standard InChI is InChI=1S/C12H15NO3/c13-9-6-7-10(11(9)12(14)15)16-8-4-2-1-3-5-8/h1-5,9-11H,6-7,13H2,(H,14,15). The number of benzene rings is 1. The highest BCUT2D eigenvalue weighted by molar-refractivity contribution is 5.72. The SMILES string of the molecule is NC1CCC(Oc2ccccc2)C1C(=O)O. The average molecular weight is 221 g/mol. The lowest BCUT2D eigenvalue weighted by Gasteiger charge is -2.19. The van der Waals surface area contributed by atoms with Crippen molar-refractivity contribution in [3.05, 3.63) is 30.3 Å². The zero-order valence-electron chi connectivity index (χ0n) is 8.87. The lowest BCUT2D eigenvalue weighted by atomic mass is 10.0. The summed E-state index contributed by atoms with van der Waals surface area (Å²) < 4.78 is 5.66. The molecule has 1 saturated carbocycles. The molecule has 1 fully saturated rings. The van der Waals surface area contributed by atoms with E-state index in [-0.39, 0.29) is 12.1 Å². The topological polar surface area (TPSA) is 72.5 Å². The third-order valence-corrected chi connectivity index (χ3v) is 2.96. The van der Waals surface area contributed by atoms with Gasteiger partial charge in [0.05, 0.1) is 0 Å². The van der Waals surface area contributed by atoms with Gasteiger partial charge in [-0.1, -0.05) is 18.2 Å². The van der Waals surface area contributed by atoms with Crippen LogP contribution in [-0.2, 0) is 4.79 Å². The molecule has 0 bridgehead atoms. The minimum atomic E-state index is -0.870. The van der Waals surface area contributed by atoms with E-state index in [1.807, 2.05) is 30.3 Å². The summed E-state index contributed by atoms with van der Waals surface area (Å²) in [5, 5.41) is 9.07. The van der Waals surface area contributed by atoms with E-state index in [2.05, 4.69) is 0 Å². The Balaban J connectivity index is 2.07. The van der Waals surface area contributed by atoms with E-state index in [0.717, 1.165) is 0 Å². The number of carboxylic acid groups (broad SMARTS) is 1. The Bertz CT molecular complexity index is 366. The number of carboxylic acids is 1. The van der Waals surface area contributed by atoms with E-state index in [0.29, 0.717) is 18.6 Å². The van der Waals surface area contributed by atoms with Crippen LogP contribution in [0.1, 0.15) is 12.8 Å². The van der Waals surface area contributed by atoms with Crippen LogP contribution in [0, 0.1) is 5.92 Å². The Kier molecular flexibility index (Phi) is 3.10. The maximum Gasteiger partial charge on any atom is 0.311 e. The fourth-order valence-corrected chi connectivity index (χ4v) is 2.14. The zero-order chi connectivity index (χ0) is 11.5. The second-order valence-electron chi connectivity index (χ2n) is 4.07. The van der Waals surface area contributed by atoms with E-state index in [1.54, 1.807) is 0 Å². The monoisotopic (exact) mass is 221 g/mol. The van der Waals surface area contributed by atoms with Crippen LogP contribution < -0.4 is 10.5 Å². The highest BCUT2D eigenvalue weighted by atomic mass is 16.5. The Morgan fingerprint density at radius 1 is 1.31 bits per heavy atom. The number of aliphatic carboxylic acids is 1. The van der Waals surface area contributed by atoms with Crippen LogP contribution in [-0.4, -0.2) is 23.2 Å². The summed E-state index contributed by atoms with van der Waals surface area (Å²) in [5.41, 5.74) is 5.76. The first-order valence-corrected chi connectivity index (χ1v) is 5.38. The molecule has 86 valence electrons. The van der Waals surface area contributed by atoms with Crippen LogP contribution >= 0.6 is 0 Å². The highest BCUT2D eigenvalue weighted by Gasteiger charge is 2.40. The van der Waals surface area contributed by atoms with E-state index in [9.17, 15) is 4.79 Å². The first-order chi connectivity index (χ1) is 7.68. The maximum atomic E-state index is 11.1. The van der Waals surface area contributed by atoms with Crippen molar-refractivity contribution >= 4 is 5.97 Å². The van der Waals surface area contributed by atoms with E-state index in [1.165, 1.54) is 0 Å². The van der Waals surface area contributed by atoms with Gasteiger partial charge in [0.25, 0.3) is 0 Å². The van der Waals surface area contributed by atoms with Gasteiger partial charge in [0.1, 0.15) is 17.8 Å². The van der Waals surface area contributed by atoms with Crippen molar-refractivity contribution in [3.8, 4) is 5.75 Å². The van der Waals surface area contributed by atoms with Crippen LogP contribution in [0.15, 0.2) is 30.3 Å². The van der Waals surface area contributed by atoms with Gasteiger partial charge in [0.15, 0.2) is 0 Å². The first-order valence-electron chi connectivity index (χ1n) is 5.38. The largest absolute Gasteiger partial charge is 0.489 e. The summed E-state index contributed by atoms with van der Waals surface area (Å²) in [6, 6.07) is 8.96. The van der Waals surface area contributed by atoms with Crippen LogP contribution in [0.5, 0.6) is 5.75 Å². The minimum absolute atomic E-state index is 0.300. The number of rotatable bonds is 3. The van der Waals surface area contributed by atoms with Crippen molar-refractivity contribution in [2.75, 3.05) is 0 Å². The molecular weight excluding hydrogens is 206 g/mol. The third-order valence-electron chi connectivity index (χ3n) is 2.96. The van der Waals surface area contributed by atoms with Gasteiger partial charge < -0.3 is 15.6 Å². The molecule has 1 aromatic rings. The second kappa shape index (κ2) is 4.53. The fourth-order valence-electron chi connectivity index (χ4n) is 2.14. The molecule has 0 aliphatic heterocycles. The molecule has 0 saturated heterocycles. The molecule has 3 atom stereocenters. The van der Waals surface area contributed by atoms with Crippen molar-refractivity contribution in [1.82, 2.24) is 0 Å².